The average Bonchev–Trinajstić information content (AvgIpc) is 2.88. The Kier molecular flexibility index (Phi) is 4.22. The molecule has 1 atom stereocenters. The van der Waals surface area contributed by atoms with Crippen molar-refractivity contribution in [1.29, 1.82) is 0 Å². The molecule has 1 fully saturated rings. The van der Waals surface area contributed by atoms with Gasteiger partial charge in [0.25, 0.3) is 5.91 Å². The number of rotatable bonds is 4. The van der Waals surface area contributed by atoms with E-state index >= 15 is 0 Å². The Morgan fingerprint density at radius 1 is 1.45 bits per heavy atom. The summed E-state index contributed by atoms with van der Waals surface area (Å²) in [5.41, 5.74) is 0.451. The lowest BCUT2D eigenvalue weighted by atomic mass is 10.1. The van der Waals surface area contributed by atoms with Crippen molar-refractivity contribution in [3.63, 3.8) is 0 Å². The van der Waals surface area contributed by atoms with E-state index in [-0.39, 0.29) is 18.6 Å². The lowest BCUT2D eigenvalue weighted by molar-refractivity contribution is -0.141. The Bertz CT molecular complexity index is 498. The van der Waals surface area contributed by atoms with Crippen molar-refractivity contribution in [2.45, 2.75) is 26.4 Å². The van der Waals surface area contributed by atoms with Crippen LogP contribution in [-0.2, 0) is 4.79 Å². The smallest absolute Gasteiger partial charge is 0.308 e. The van der Waals surface area contributed by atoms with Crippen molar-refractivity contribution in [2.75, 3.05) is 13.1 Å². The van der Waals surface area contributed by atoms with Gasteiger partial charge in [-0.3, -0.25) is 9.59 Å². The molecule has 0 saturated carbocycles. The Labute approximate surface area is 117 Å². The molecule has 1 amide bonds. The van der Waals surface area contributed by atoms with Crippen LogP contribution in [0.1, 0.15) is 30.6 Å². The van der Waals surface area contributed by atoms with Gasteiger partial charge in [-0.25, -0.2) is 4.98 Å². The number of ether oxygens (including phenoxy) is 1. The fraction of sp³-hybridized carbons (Fsp3) is 0.500. The lowest BCUT2D eigenvalue weighted by Crippen LogP contribution is -2.30. The van der Waals surface area contributed by atoms with Gasteiger partial charge in [0.05, 0.1) is 17.6 Å². The first-order chi connectivity index (χ1) is 9.47. The molecule has 1 unspecified atom stereocenters. The SMILES string of the molecule is CC(C)Oc1ccc(C(=O)N2CCC(C(=O)O)C2)cn1. The summed E-state index contributed by atoms with van der Waals surface area (Å²) in [6, 6.07) is 3.30. The lowest BCUT2D eigenvalue weighted by Gasteiger charge is -2.16. The Morgan fingerprint density at radius 2 is 2.20 bits per heavy atom. The number of hydrogen-bond donors (Lipinski definition) is 1. The quantitative estimate of drug-likeness (QED) is 0.901. The zero-order chi connectivity index (χ0) is 14.7. The summed E-state index contributed by atoms with van der Waals surface area (Å²) in [5, 5.41) is 8.94. The van der Waals surface area contributed by atoms with Crippen molar-refractivity contribution < 1.29 is 19.4 Å². The van der Waals surface area contributed by atoms with E-state index in [1.165, 1.54) is 6.20 Å². The number of carbonyl (C=O) groups is 2. The van der Waals surface area contributed by atoms with Crippen molar-refractivity contribution in [1.82, 2.24) is 9.88 Å². The first-order valence-corrected chi connectivity index (χ1v) is 6.62. The number of carboxylic acids is 1. The molecule has 1 N–H and O–H groups in total. The zero-order valence-corrected chi connectivity index (χ0v) is 11.6. The number of carbonyl (C=O) groups excluding carboxylic acids is 1. The number of aliphatic carboxylic acids is 1. The van der Waals surface area contributed by atoms with E-state index in [9.17, 15) is 9.59 Å². The van der Waals surface area contributed by atoms with Crippen LogP contribution in [0.4, 0.5) is 0 Å². The molecule has 0 spiro atoms. The molecule has 0 aromatic carbocycles. The first kappa shape index (κ1) is 14.3. The van der Waals surface area contributed by atoms with E-state index < -0.39 is 11.9 Å². The van der Waals surface area contributed by atoms with Gasteiger partial charge in [0.1, 0.15) is 0 Å². The second-order valence-corrected chi connectivity index (χ2v) is 5.13. The first-order valence-electron chi connectivity index (χ1n) is 6.62. The molecule has 0 bridgehead atoms. The summed E-state index contributed by atoms with van der Waals surface area (Å²) < 4.78 is 5.41. The van der Waals surface area contributed by atoms with Crippen LogP contribution >= 0.6 is 0 Å². The summed E-state index contributed by atoms with van der Waals surface area (Å²) in [5.74, 6) is -1.02. The molecule has 1 saturated heterocycles. The number of hydrogen-bond acceptors (Lipinski definition) is 4. The van der Waals surface area contributed by atoms with Gasteiger partial charge in [0, 0.05) is 25.4 Å². The van der Waals surface area contributed by atoms with E-state index in [2.05, 4.69) is 4.98 Å². The van der Waals surface area contributed by atoms with Crippen molar-refractivity contribution >= 4 is 11.9 Å². The molecule has 1 aromatic heterocycles. The van der Waals surface area contributed by atoms with Crippen molar-refractivity contribution in [2.24, 2.45) is 5.92 Å². The van der Waals surface area contributed by atoms with Crippen LogP contribution in [0.15, 0.2) is 18.3 Å². The van der Waals surface area contributed by atoms with Gasteiger partial charge in [-0.1, -0.05) is 0 Å². The second-order valence-electron chi connectivity index (χ2n) is 5.13. The zero-order valence-electron chi connectivity index (χ0n) is 11.6. The highest BCUT2D eigenvalue weighted by Gasteiger charge is 2.31. The van der Waals surface area contributed by atoms with Crippen LogP contribution in [0.3, 0.4) is 0 Å². The number of aromatic nitrogens is 1. The minimum atomic E-state index is -0.848. The molecule has 6 heteroatoms. The fourth-order valence-corrected chi connectivity index (χ4v) is 2.15. The summed E-state index contributed by atoms with van der Waals surface area (Å²) in [4.78, 5) is 28.7. The maximum absolute atomic E-state index is 12.2. The van der Waals surface area contributed by atoms with Gasteiger partial charge in [0.2, 0.25) is 5.88 Å². The largest absolute Gasteiger partial charge is 0.481 e. The fourth-order valence-electron chi connectivity index (χ4n) is 2.15. The maximum atomic E-state index is 12.2. The molecule has 0 radical (unpaired) electrons. The number of carboxylic acid groups (broad SMARTS) is 1. The van der Waals surface area contributed by atoms with Gasteiger partial charge in [-0.05, 0) is 26.3 Å². The van der Waals surface area contributed by atoms with Crippen molar-refractivity contribution in [3.05, 3.63) is 23.9 Å². The molecule has 1 aromatic rings. The van der Waals surface area contributed by atoms with Crippen LogP contribution in [0.25, 0.3) is 0 Å². The highest BCUT2D eigenvalue weighted by atomic mass is 16.5. The Morgan fingerprint density at radius 3 is 2.70 bits per heavy atom. The van der Waals surface area contributed by atoms with E-state index in [4.69, 9.17) is 9.84 Å². The van der Waals surface area contributed by atoms with Crippen LogP contribution in [-0.4, -0.2) is 46.1 Å². The normalized spacial score (nSPS) is 18.4. The molecule has 20 heavy (non-hydrogen) atoms. The average molecular weight is 278 g/mol. The maximum Gasteiger partial charge on any atom is 0.308 e. The molecule has 108 valence electrons. The predicted octanol–water partition coefficient (Wildman–Crippen LogP) is 1.42. The Balaban J connectivity index is 2.01. The van der Waals surface area contributed by atoms with Gasteiger partial charge in [-0.15, -0.1) is 0 Å². The third-order valence-corrected chi connectivity index (χ3v) is 3.16. The van der Waals surface area contributed by atoms with Crippen LogP contribution < -0.4 is 4.74 Å². The highest BCUT2D eigenvalue weighted by molar-refractivity contribution is 5.94. The van der Waals surface area contributed by atoms with E-state index in [1.807, 2.05) is 13.8 Å². The molecule has 2 rings (SSSR count). The topological polar surface area (TPSA) is 79.7 Å². The summed E-state index contributed by atoms with van der Waals surface area (Å²) in [7, 11) is 0. The number of amides is 1. The van der Waals surface area contributed by atoms with Crippen LogP contribution in [0.5, 0.6) is 5.88 Å². The third-order valence-electron chi connectivity index (χ3n) is 3.16. The third kappa shape index (κ3) is 3.26. The molecule has 6 nitrogen and oxygen atoms in total. The molecule has 1 aliphatic rings. The summed E-state index contributed by atoms with van der Waals surface area (Å²) in [6.45, 7) is 4.53. The number of pyridine rings is 1. The van der Waals surface area contributed by atoms with Gasteiger partial charge < -0.3 is 14.7 Å². The number of nitrogens with zero attached hydrogens (tertiary/aromatic N) is 2. The molecule has 2 heterocycles. The molecular weight excluding hydrogens is 260 g/mol. The molecule has 1 aliphatic heterocycles. The molecule has 0 aliphatic carbocycles. The van der Waals surface area contributed by atoms with Crippen LogP contribution in [0.2, 0.25) is 0 Å². The van der Waals surface area contributed by atoms with E-state index in [1.54, 1.807) is 17.0 Å². The van der Waals surface area contributed by atoms with E-state index in [0.717, 1.165) is 0 Å². The summed E-state index contributed by atoms with van der Waals surface area (Å²) >= 11 is 0. The van der Waals surface area contributed by atoms with Gasteiger partial charge in [0.15, 0.2) is 0 Å². The highest BCUT2D eigenvalue weighted by Crippen LogP contribution is 2.19. The van der Waals surface area contributed by atoms with Gasteiger partial charge >= 0.3 is 5.97 Å². The standard InChI is InChI=1S/C14H18N2O4/c1-9(2)20-12-4-3-10(7-15-12)13(17)16-6-5-11(8-16)14(18)19/h3-4,7,9,11H,5-6,8H2,1-2H3,(H,18,19). The minimum absolute atomic E-state index is 0.0268. The van der Waals surface area contributed by atoms with E-state index in [0.29, 0.717) is 24.4 Å². The predicted molar refractivity (Wildman–Crippen MR) is 71.6 cm³/mol. The second kappa shape index (κ2) is 5.90. The van der Waals surface area contributed by atoms with Gasteiger partial charge in [-0.2, -0.15) is 0 Å². The van der Waals surface area contributed by atoms with Crippen molar-refractivity contribution in [3.8, 4) is 5.88 Å². The Hall–Kier alpha value is -2.11. The summed E-state index contributed by atoms with van der Waals surface area (Å²) in [6.07, 6.45) is 2.00. The minimum Gasteiger partial charge on any atom is -0.481 e. The molecular formula is C14H18N2O4. The van der Waals surface area contributed by atoms with Crippen LogP contribution in [0, 0.1) is 5.92 Å². The monoisotopic (exact) mass is 278 g/mol. The number of likely N-dealkylation sites (tertiary alicyclic amines) is 1.